The Morgan fingerprint density at radius 3 is 2.57 bits per heavy atom. The molecular weight excluding hydrogens is 395 g/mol. The smallest absolute Gasteiger partial charge is 0.234 e. The zero-order valence-electron chi connectivity index (χ0n) is 11.5. The molecule has 0 saturated carbocycles. The molecule has 1 heterocycles. The van der Waals surface area contributed by atoms with Crippen molar-refractivity contribution in [2.45, 2.75) is 4.34 Å². The summed E-state index contributed by atoms with van der Waals surface area (Å²) in [7, 11) is 0. The lowest BCUT2D eigenvalue weighted by Crippen LogP contribution is -2.13. The van der Waals surface area contributed by atoms with Gasteiger partial charge in [-0.25, -0.2) is 4.98 Å². The number of nitrogens with zero attached hydrogens (tertiary/aromatic N) is 1. The van der Waals surface area contributed by atoms with Crippen LogP contribution in [0.15, 0.2) is 40.7 Å². The summed E-state index contributed by atoms with van der Waals surface area (Å²) in [5, 5.41) is 4.36. The van der Waals surface area contributed by atoms with E-state index in [4.69, 9.17) is 34.8 Å². The van der Waals surface area contributed by atoms with Gasteiger partial charge in [-0.2, -0.15) is 0 Å². The van der Waals surface area contributed by atoms with Gasteiger partial charge in [0.1, 0.15) is 0 Å². The number of hydrogen-bond acceptors (Lipinski definition) is 4. The van der Waals surface area contributed by atoms with E-state index in [1.807, 2.05) is 18.2 Å². The highest BCUT2D eigenvalue weighted by Gasteiger charge is 2.09. The minimum Gasteiger partial charge on any atom is -0.325 e. The fraction of sp³-hybridized carbons (Fsp3) is 0.0667. The van der Waals surface area contributed by atoms with Crippen molar-refractivity contribution < 1.29 is 4.79 Å². The van der Waals surface area contributed by atoms with E-state index in [1.54, 1.807) is 18.2 Å². The molecule has 0 saturated heterocycles. The predicted molar refractivity (Wildman–Crippen MR) is 100 cm³/mol. The summed E-state index contributed by atoms with van der Waals surface area (Å²) in [6, 6.07) is 10.5. The Hall–Kier alpha value is -0.980. The van der Waals surface area contributed by atoms with Gasteiger partial charge in [-0.15, -0.1) is 11.3 Å². The van der Waals surface area contributed by atoms with E-state index >= 15 is 0 Å². The van der Waals surface area contributed by atoms with Crippen molar-refractivity contribution in [3.63, 3.8) is 0 Å². The molecule has 3 aromatic rings. The number of thioether (sulfide) groups is 1. The number of rotatable bonds is 4. The highest BCUT2D eigenvalue weighted by Crippen LogP contribution is 2.31. The van der Waals surface area contributed by atoms with E-state index < -0.39 is 0 Å². The molecule has 1 amide bonds. The maximum absolute atomic E-state index is 12.0. The van der Waals surface area contributed by atoms with Gasteiger partial charge in [0.25, 0.3) is 0 Å². The van der Waals surface area contributed by atoms with E-state index in [-0.39, 0.29) is 11.7 Å². The van der Waals surface area contributed by atoms with Gasteiger partial charge < -0.3 is 5.32 Å². The Labute approximate surface area is 156 Å². The number of aromatic nitrogens is 1. The molecule has 3 rings (SSSR count). The van der Waals surface area contributed by atoms with Crippen LogP contribution >= 0.6 is 57.9 Å². The molecule has 3 nitrogen and oxygen atoms in total. The number of amides is 1. The zero-order valence-corrected chi connectivity index (χ0v) is 15.4. The van der Waals surface area contributed by atoms with Gasteiger partial charge in [0.2, 0.25) is 5.91 Å². The Kier molecular flexibility index (Phi) is 5.34. The average molecular weight is 404 g/mol. The van der Waals surface area contributed by atoms with E-state index in [0.717, 1.165) is 14.6 Å². The highest BCUT2D eigenvalue weighted by molar-refractivity contribution is 8.01. The molecule has 1 N–H and O–H groups in total. The first kappa shape index (κ1) is 16.9. The van der Waals surface area contributed by atoms with Crippen LogP contribution in [0.1, 0.15) is 0 Å². The lowest BCUT2D eigenvalue weighted by Gasteiger charge is -2.05. The number of benzene rings is 2. The molecule has 0 radical (unpaired) electrons. The molecule has 2 aromatic carbocycles. The van der Waals surface area contributed by atoms with Crippen molar-refractivity contribution in [1.29, 1.82) is 0 Å². The highest BCUT2D eigenvalue weighted by atomic mass is 35.5. The maximum atomic E-state index is 12.0. The number of carbonyl (C=O) groups excluding carboxylic acids is 1. The van der Waals surface area contributed by atoms with Crippen LogP contribution in [0.5, 0.6) is 0 Å². The minimum absolute atomic E-state index is 0.148. The molecule has 0 atom stereocenters. The number of anilines is 1. The summed E-state index contributed by atoms with van der Waals surface area (Å²) in [5.74, 6) is 0.100. The Balaban J connectivity index is 1.63. The summed E-state index contributed by atoms with van der Waals surface area (Å²) in [5.41, 5.74) is 1.41. The molecule has 0 unspecified atom stereocenters. The molecule has 0 aliphatic carbocycles. The molecule has 0 aliphatic heterocycles. The molecule has 0 fully saturated rings. The van der Waals surface area contributed by atoms with Gasteiger partial charge in [-0.1, -0.05) is 46.6 Å². The Morgan fingerprint density at radius 1 is 1.09 bits per heavy atom. The van der Waals surface area contributed by atoms with Crippen molar-refractivity contribution in [2.24, 2.45) is 0 Å². The molecule has 0 spiro atoms. The van der Waals surface area contributed by atoms with Gasteiger partial charge in [0, 0.05) is 20.8 Å². The van der Waals surface area contributed by atoms with Crippen LogP contribution in [0, 0.1) is 0 Å². The number of halogens is 3. The zero-order chi connectivity index (χ0) is 16.4. The number of nitrogens with one attached hydrogen (secondary N) is 1. The van der Waals surface area contributed by atoms with Crippen LogP contribution in [0.2, 0.25) is 15.1 Å². The fourth-order valence-corrected chi connectivity index (χ4v) is 4.43. The number of thiazole rings is 1. The summed E-state index contributed by atoms with van der Waals surface area (Å²) in [4.78, 5) is 16.5. The van der Waals surface area contributed by atoms with Crippen molar-refractivity contribution in [2.75, 3.05) is 11.1 Å². The van der Waals surface area contributed by atoms with Gasteiger partial charge in [0.15, 0.2) is 4.34 Å². The molecule has 0 bridgehead atoms. The quantitative estimate of drug-likeness (QED) is 0.544. The molecule has 0 aliphatic rings. The third-order valence-electron chi connectivity index (χ3n) is 2.80. The van der Waals surface area contributed by atoms with Crippen molar-refractivity contribution in [3.05, 3.63) is 51.5 Å². The number of fused-ring (bicyclic) bond motifs is 1. The topological polar surface area (TPSA) is 42.0 Å². The van der Waals surface area contributed by atoms with Crippen LogP contribution in [0.25, 0.3) is 10.2 Å². The third kappa shape index (κ3) is 4.52. The largest absolute Gasteiger partial charge is 0.325 e. The van der Waals surface area contributed by atoms with Crippen LogP contribution in [0.4, 0.5) is 5.69 Å². The Bertz CT molecular complexity index is 862. The van der Waals surface area contributed by atoms with Gasteiger partial charge >= 0.3 is 0 Å². The average Bonchev–Trinajstić information content (AvgIpc) is 2.86. The molecule has 118 valence electrons. The van der Waals surface area contributed by atoms with E-state index in [1.165, 1.54) is 23.1 Å². The normalized spacial score (nSPS) is 10.9. The standard InChI is InChI=1S/C15H9Cl3N2OS2/c16-8-1-2-13-12(6-8)20-15(23-13)22-7-14(21)19-11-4-9(17)3-10(18)5-11/h1-6H,7H2,(H,19,21). The van der Waals surface area contributed by atoms with Gasteiger partial charge in [-0.05, 0) is 36.4 Å². The summed E-state index contributed by atoms with van der Waals surface area (Å²) in [6.45, 7) is 0. The van der Waals surface area contributed by atoms with Crippen molar-refractivity contribution in [1.82, 2.24) is 4.98 Å². The van der Waals surface area contributed by atoms with Crippen molar-refractivity contribution in [3.8, 4) is 0 Å². The number of hydrogen-bond donors (Lipinski definition) is 1. The van der Waals surface area contributed by atoms with Crippen LogP contribution < -0.4 is 5.32 Å². The molecule has 8 heteroatoms. The third-order valence-corrected chi connectivity index (χ3v) is 5.65. The van der Waals surface area contributed by atoms with E-state index in [0.29, 0.717) is 20.8 Å². The van der Waals surface area contributed by atoms with Crippen LogP contribution in [-0.2, 0) is 4.79 Å². The second kappa shape index (κ2) is 7.28. The first-order chi connectivity index (χ1) is 11.0. The summed E-state index contributed by atoms with van der Waals surface area (Å²) in [6.07, 6.45) is 0. The second-order valence-corrected chi connectivity index (χ2v) is 8.15. The molecule has 23 heavy (non-hydrogen) atoms. The summed E-state index contributed by atoms with van der Waals surface area (Å²) < 4.78 is 1.86. The van der Waals surface area contributed by atoms with Gasteiger partial charge in [0.05, 0.1) is 16.0 Å². The SMILES string of the molecule is O=C(CSc1nc2cc(Cl)ccc2s1)Nc1cc(Cl)cc(Cl)c1. The Morgan fingerprint density at radius 2 is 1.83 bits per heavy atom. The lowest BCUT2D eigenvalue weighted by atomic mass is 10.3. The summed E-state index contributed by atoms with van der Waals surface area (Å²) >= 11 is 20.7. The first-order valence-corrected chi connectivity index (χ1v) is 9.38. The van der Waals surface area contributed by atoms with Gasteiger partial charge in [-0.3, -0.25) is 4.79 Å². The maximum Gasteiger partial charge on any atom is 0.234 e. The fourth-order valence-electron chi connectivity index (χ4n) is 1.89. The first-order valence-electron chi connectivity index (χ1n) is 6.44. The minimum atomic E-state index is -0.148. The lowest BCUT2D eigenvalue weighted by molar-refractivity contribution is -0.113. The van der Waals surface area contributed by atoms with Crippen molar-refractivity contribution >= 4 is 79.7 Å². The van der Waals surface area contributed by atoms with E-state index in [2.05, 4.69) is 10.3 Å². The molecule has 1 aromatic heterocycles. The second-order valence-electron chi connectivity index (χ2n) is 4.59. The van der Waals surface area contributed by atoms with Crippen LogP contribution in [0.3, 0.4) is 0 Å². The number of carbonyl (C=O) groups is 1. The monoisotopic (exact) mass is 402 g/mol. The predicted octanol–water partition coefficient (Wildman–Crippen LogP) is 5.99. The van der Waals surface area contributed by atoms with Crippen LogP contribution in [-0.4, -0.2) is 16.6 Å². The molecular formula is C15H9Cl3N2OS2. The van der Waals surface area contributed by atoms with E-state index in [9.17, 15) is 4.79 Å².